The topological polar surface area (TPSA) is 59.5 Å². The Morgan fingerprint density at radius 2 is 1.87 bits per heavy atom. The van der Waals surface area contributed by atoms with Gasteiger partial charge in [0.15, 0.2) is 5.76 Å². The smallest absolute Gasteiger partial charge is 0.294 e. The lowest BCUT2D eigenvalue weighted by Gasteiger charge is -2.22. The molecule has 23 heavy (non-hydrogen) atoms. The van der Waals surface area contributed by atoms with Crippen LogP contribution in [0, 0.1) is 20.8 Å². The summed E-state index contributed by atoms with van der Waals surface area (Å²) in [5, 5.41) is 3.97. The van der Waals surface area contributed by atoms with Crippen LogP contribution in [0.25, 0.3) is 0 Å². The lowest BCUT2D eigenvalue weighted by atomic mass is 10.1. The third kappa shape index (κ3) is 2.90. The molecule has 2 heterocycles. The Labute approximate surface area is 134 Å². The predicted octanol–water partition coefficient (Wildman–Crippen LogP) is 4.04. The number of benzene rings is 1. The van der Waals surface area contributed by atoms with E-state index in [1.165, 1.54) is 6.26 Å². The molecule has 5 nitrogen and oxygen atoms in total. The first-order valence-corrected chi connectivity index (χ1v) is 7.40. The molecule has 0 saturated carbocycles. The Morgan fingerprint density at radius 3 is 2.43 bits per heavy atom. The Balaban J connectivity index is 2.01. The van der Waals surface area contributed by atoms with Crippen molar-refractivity contribution in [3.8, 4) is 0 Å². The van der Waals surface area contributed by atoms with Crippen molar-refractivity contribution in [2.45, 2.75) is 27.3 Å². The summed E-state index contributed by atoms with van der Waals surface area (Å²) in [5.74, 6) is 0.881. The van der Waals surface area contributed by atoms with Gasteiger partial charge in [-0.2, -0.15) is 0 Å². The maximum Gasteiger partial charge on any atom is 0.294 e. The van der Waals surface area contributed by atoms with Gasteiger partial charge >= 0.3 is 0 Å². The van der Waals surface area contributed by atoms with Crippen molar-refractivity contribution in [1.29, 1.82) is 0 Å². The SMILES string of the molecule is Cc1ccoc1C(=O)N(Cc1c(C)noc1C)c1ccccc1. The van der Waals surface area contributed by atoms with E-state index in [1.54, 1.807) is 11.0 Å². The second-order valence-corrected chi connectivity index (χ2v) is 5.46. The molecule has 0 fully saturated rings. The molecule has 3 aromatic rings. The molecule has 5 heteroatoms. The van der Waals surface area contributed by atoms with E-state index >= 15 is 0 Å². The van der Waals surface area contributed by atoms with Crippen LogP contribution in [0.15, 0.2) is 51.6 Å². The number of hydrogen-bond acceptors (Lipinski definition) is 4. The normalized spacial score (nSPS) is 10.7. The quantitative estimate of drug-likeness (QED) is 0.729. The number of hydrogen-bond donors (Lipinski definition) is 0. The molecular formula is C18H18N2O3. The fourth-order valence-corrected chi connectivity index (χ4v) is 2.49. The average Bonchev–Trinajstić information content (AvgIpc) is 3.12. The van der Waals surface area contributed by atoms with E-state index in [9.17, 15) is 4.79 Å². The van der Waals surface area contributed by atoms with Crippen molar-refractivity contribution < 1.29 is 13.7 Å². The van der Waals surface area contributed by atoms with Crippen LogP contribution in [0.1, 0.15) is 33.1 Å². The van der Waals surface area contributed by atoms with Gasteiger partial charge < -0.3 is 13.8 Å². The third-order valence-electron chi connectivity index (χ3n) is 3.87. The van der Waals surface area contributed by atoms with Gasteiger partial charge in [-0.15, -0.1) is 0 Å². The van der Waals surface area contributed by atoms with Gasteiger partial charge in [-0.3, -0.25) is 4.79 Å². The number of amides is 1. The molecular weight excluding hydrogens is 292 g/mol. The number of para-hydroxylation sites is 1. The number of anilines is 1. The lowest BCUT2D eigenvalue weighted by molar-refractivity contribution is 0.0957. The molecule has 2 aromatic heterocycles. The molecule has 0 radical (unpaired) electrons. The summed E-state index contributed by atoms with van der Waals surface area (Å²) in [6.07, 6.45) is 1.53. The highest BCUT2D eigenvalue weighted by atomic mass is 16.5. The van der Waals surface area contributed by atoms with E-state index in [-0.39, 0.29) is 5.91 Å². The summed E-state index contributed by atoms with van der Waals surface area (Å²) in [6, 6.07) is 11.3. The van der Waals surface area contributed by atoms with Crippen LogP contribution in [-0.4, -0.2) is 11.1 Å². The van der Waals surface area contributed by atoms with Crippen molar-refractivity contribution >= 4 is 11.6 Å². The standard InChI is InChI=1S/C18H18N2O3/c1-12-9-10-22-17(12)18(21)20(15-7-5-4-6-8-15)11-16-13(2)19-23-14(16)3/h4-10H,11H2,1-3H3. The number of aryl methyl sites for hydroxylation is 3. The molecule has 0 unspecified atom stereocenters. The number of rotatable bonds is 4. The predicted molar refractivity (Wildman–Crippen MR) is 86.4 cm³/mol. The molecule has 0 spiro atoms. The summed E-state index contributed by atoms with van der Waals surface area (Å²) in [4.78, 5) is 14.6. The van der Waals surface area contributed by atoms with Crippen LogP contribution in [0.5, 0.6) is 0 Å². The Bertz CT molecular complexity index is 798. The molecule has 118 valence electrons. The average molecular weight is 310 g/mol. The lowest BCUT2D eigenvalue weighted by Crippen LogP contribution is -2.31. The van der Waals surface area contributed by atoms with Crippen LogP contribution in [0.2, 0.25) is 0 Å². The van der Waals surface area contributed by atoms with Crippen molar-refractivity contribution in [2.24, 2.45) is 0 Å². The molecule has 3 rings (SSSR count). The monoisotopic (exact) mass is 310 g/mol. The van der Waals surface area contributed by atoms with Crippen molar-refractivity contribution in [3.63, 3.8) is 0 Å². The summed E-state index contributed by atoms with van der Waals surface area (Å²) in [7, 11) is 0. The fourth-order valence-electron chi connectivity index (χ4n) is 2.49. The van der Waals surface area contributed by atoms with Gasteiger partial charge in [0.05, 0.1) is 18.5 Å². The number of carbonyl (C=O) groups is 1. The van der Waals surface area contributed by atoms with Crippen LogP contribution >= 0.6 is 0 Å². The highest BCUT2D eigenvalue weighted by Gasteiger charge is 2.24. The minimum Gasteiger partial charge on any atom is -0.459 e. The van der Waals surface area contributed by atoms with Crippen LogP contribution in [0.3, 0.4) is 0 Å². The summed E-state index contributed by atoms with van der Waals surface area (Å²) >= 11 is 0. The van der Waals surface area contributed by atoms with Gasteiger partial charge in [0, 0.05) is 16.8 Å². The fraction of sp³-hybridized carbons (Fsp3) is 0.222. The summed E-state index contributed by atoms with van der Waals surface area (Å²) < 4.78 is 10.6. The van der Waals surface area contributed by atoms with Crippen molar-refractivity contribution in [3.05, 3.63) is 71.0 Å². The van der Waals surface area contributed by atoms with Gasteiger partial charge in [0.2, 0.25) is 0 Å². The van der Waals surface area contributed by atoms with E-state index in [1.807, 2.05) is 51.1 Å². The van der Waals surface area contributed by atoms with E-state index in [2.05, 4.69) is 5.16 Å². The second-order valence-electron chi connectivity index (χ2n) is 5.46. The minimum atomic E-state index is -0.182. The van der Waals surface area contributed by atoms with E-state index < -0.39 is 0 Å². The minimum absolute atomic E-state index is 0.182. The number of furan rings is 1. The van der Waals surface area contributed by atoms with Gasteiger partial charge in [-0.1, -0.05) is 23.4 Å². The Hall–Kier alpha value is -2.82. The first-order valence-electron chi connectivity index (χ1n) is 7.40. The molecule has 0 aliphatic carbocycles. The van der Waals surface area contributed by atoms with Gasteiger partial charge in [-0.25, -0.2) is 0 Å². The maximum atomic E-state index is 13.0. The highest BCUT2D eigenvalue weighted by Crippen LogP contribution is 2.24. The maximum absolute atomic E-state index is 13.0. The molecule has 1 aromatic carbocycles. The number of aromatic nitrogens is 1. The zero-order chi connectivity index (χ0) is 16.4. The van der Waals surface area contributed by atoms with Gasteiger partial charge in [0.1, 0.15) is 5.76 Å². The third-order valence-corrected chi connectivity index (χ3v) is 3.87. The van der Waals surface area contributed by atoms with Gasteiger partial charge in [0.25, 0.3) is 5.91 Å². The Kier molecular flexibility index (Phi) is 4.02. The first kappa shape index (κ1) is 15.1. The van der Waals surface area contributed by atoms with Crippen molar-refractivity contribution in [2.75, 3.05) is 4.90 Å². The zero-order valence-corrected chi connectivity index (χ0v) is 13.4. The second kappa shape index (κ2) is 6.12. The van der Waals surface area contributed by atoms with Crippen LogP contribution < -0.4 is 4.90 Å². The molecule has 1 amide bonds. The van der Waals surface area contributed by atoms with Crippen LogP contribution in [0.4, 0.5) is 5.69 Å². The summed E-state index contributed by atoms with van der Waals surface area (Å²) in [6.45, 7) is 5.96. The first-order chi connectivity index (χ1) is 11.1. The van der Waals surface area contributed by atoms with Crippen LogP contribution in [-0.2, 0) is 6.54 Å². The Morgan fingerprint density at radius 1 is 1.13 bits per heavy atom. The molecule has 0 aliphatic heterocycles. The number of nitrogens with zero attached hydrogens (tertiary/aromatic N) is 2. The molecule has 0 bridgehead atoms. The van der Waals surface area contributed by atoms with Crippen molar-refractivity contribution in [1.82, 2.24) is 5.16 Å². The molecule has 0 N–H and O–H groups in total. The molecule has 0 saturated heterocycles. The summed E-state index contributed by atoms with van der Waals surface area (Å²) in [5.41, 5.74) is 3.31. The van der Waals surface area contributed by atoms with E-state index in [4.69, 9.17) is 8.94 Å². The van der Waals surface area contributed by atoms with Gasteiger partial charge in [-0.05, 0) is 39.0 Å². The van der Waals surface area contributed by atoms with E-state index in [0.717, 1.165) is 22.5 Å². The molecule has 0 atom stereocenters. The van der Waals surface area contributed by atoms with E-state index in [0.29, 0.717) is 18.1 Å². The number of carbonyl (C=O) groups excluding carboxylic acids is 1. The zero-order valence-electron chi connectivity index (χ0n) is 13.4. The largest absolute Gasteiger partial charge is 0.459 e. The molecule has 0 aliphatic rings. The highest BCUT2D eigenvalue weighted by molar-refractivity contribution is 6.05.